The summed E-state index contributed by atoms with van der Waals surface area (Å²) in [5.41, 5.74) is 0.972. The molecule has 2 aromatic carbocycles. The van der Waals surface area contributed by atoms with E-state index in [1.54, 1.807) is 0 Å². The second-order valence-electron chi connectivity index (χ2n) is 3.49. The predicted octanol–water partition coefficient (Wildman–Crippen LogP) is 2.57. The molecule has 0 bridgehead atoms. The van der Waals surface area contributed by atoms with Gasteiger partial charge in [-0.25, -0.2) is 0 Å². The van der Waals surface area contributed by atoms with Gasteiger partial charge in [0.05, 0.1) is 12.5 Å². The summed E-state index contributed by atoms with van der Waals surface area (Å²) in [6.07, 6.45) is 0. The Bertz CT molecular complexity index is 518. The van der Waals surface area contributed by atoms with Gasteiger partial charge in [0.1, 0.15) is 17.2 Å². The van der Waals surface area contributed by atoms with Gasteiger partial charge in [0.15, 0.2) is 0 Å². The van der Waals surface area contributed by atoms with Crippen molar-refractivity contribution in [3.63, 3.8) is 0 Å². The number of phenols is 2. The van der Waals surface area contributed by atoms with Crippen molar-refractivity contribution in [1.29, 1.82) is 0 Å². The van der Waals surface area contributed by atoms with Crippen LogP contribution in [0.15, 0.2) is 24.3 Å². The van der Waals surface area contributed by atoms with Crippen LogP contribution in [0, 0.1) is 6.92 Å². The fourth-order valence-electron chi connectivity index (χ4n) is 1.71. The van der Waals surface area contributed by atoms with Crippen LogP contribution in [-0.2, 0) is 0 Å². The average molecular weight is 204 g/mol. The number of aryl methyl sites for hydroxylation is 1. The highest BCUT2D eigenvalue weighted by molar-refractivity contribution is 5.98. The molecule has 0 aromatic heterocycles. The third-order valence-corrected chi connectivity index (χ3v) is 2.40. The summed E-state index contributed by atoms with van der Waals surface area (Å²) in [6.45, 7) is 1.91. The lowest BCUT2D eigenvalue weighted by Gasteiger charge is -2.09. The first-order valence-electron chi connectivity index (χ1n) is 4.62. The van der Waals surface area contributed by atoms with Crippen LogP contribution in [0.1, 0.15) is 5.56 Å². The van der Waals surface area contributed by atoms with Gasteiger partial charge in [-0.3, -0.25) is 0 Å². The van der Waals surface area contributed by atoms with Gasteiger partial charge in [0.2, 0.25) is 0 Å². The molecule has 0 aliphatic carbocycles. The molecule has 0 unspecified atom stereocenters. The second kappa shape index (κ2) is 3.35. The highest BCUT2D eigenvalue weighted by atomic mass is 16.5. The van der Waals surface area contributed by atoms with Crippen LogP contribution >= 0.6 is 0 Å². The topological polar surface area (TPSA) is 49.7 Å². The van der Waals surface area contributed by atoms with Crippen molar-refractivity contribution in [2.75, 3.05) is 7.11 Å². The molecule has 0 saturated carbocycles. The molecular weight excluding hydrogens is 192 g/mol. The number of ether oxygens (including phenoxy) is 1. The van der Waals surface area contributed by atoms with E-state index in [0.717, 1.165) is 5.56 Å². The number of phenolic OH excluding ortho intramolecular Hbond substituents is 2. The van der Waals surface area contributed by atoms with E-state index < -0.39 is 0 Å². The zero-order chi connectivity index (χ0) is 11.0. The van der Waals surface area contributed by atoms with E-state index in [4.69, 9.17) is 4.74 Å². The molecule has 0 amide bonds. The fraction of sp³-hybridized carbons (Fsp3) is 0.167. The summed E-state index contributed by atoms with van der Waals surface area (Å²) in [6, 6.07) is 6.56. The number of aromatic hydroxyl groups is 2. The Morgan fingerprint density at radius 2 is 1.73 bits per heavy atom. The second-order valence-corrected chi connectivity index (χ2v) is 3.49. The summed E-state index contributed by atoms with van der Waals surface area (Å²) >= 11 is 0. The molecule has 15 heavy (non-hydrogen) atoms. The number of hydrogen-bond acceptors (Lipinski definition) is 3. The highest BCUT2D eigenvalue weighted by Gasteiger charge is 2.10. The zero-order valence-electron chi connectivity index (χ0n) is 8.61. The zero-order valence-corrected chi connectivity index (χ0v) is 8.61. The maximum Gasteiger partial charge on any atom is 0.130 e. The summed E-state index contributed by atoms with van der Waals surface area (Å²) in [5.74, 6) is 0.822. The van der Waals surface area contributed by atoms with E-state index in [0.29, 0.717) is 16.5 Å². The van der Waals surface area contributed by atoms with Gasteiger partial charge >= 0.3 is 0 Å². The van der Waals surface area contributed by atoms with Crippen molar-refractivity contribution in [1.82, 2.24) is 0 Å². The molecule has 0 fully saturated rings. The average Bonchev–Trinajstić information content (AvgIpc) is 2.22. The minimum Gasteiger partial charge on any atom is -0.507 e. The van der Waals surface area contributed by atoms with E-state index in [-0.39, 0.29) is 11.5 Å². The van der Waals surface area contributed by atoms with Gasteiger partial charge in [-0.05, 0) is 36.8 Å². The summed E-state index contributed by atoms with van der Waals surface area (Å²) in [4.78, 5) is 0. The molecule has 2 N–H and O–H groups in total. The molecule has 78 valence electrons. The first kappa shape index (κ1) is 9.65. The Morgan fingerprint density at radius 3 is 2.40 bits per heavy atom. The maximum absolute atomic E-state index is 9.71. The van der Waals surface area contributed by atoms with E-state index in [1.165, 1.54) is 19.2 Å². The molecule has 2 rings (SSSR count). The summed E-state index contributed by atoms with van der Waals surface area (Å²) in [5, 5.41) is 20.5. The van der Waals surface area contributed by atoms with E-state index >= 15 is 0 Å². The molecule has 0 heterocycles. The van der Waals surface area contributed by atoms with Crippen LogP contribution in [0.5, 0.6) is 17.2 Å². The summed E-state index contributed by atoms with van der Waals surface area (Å²) < 4.78 is 5.17. The quantitative estimate of drug-likeness (QED) is 0.702. The van der Waals surface area contributed by atoms with E-state index in [9.17, 15) is 10.2 Å². The highest BCUT2D eigenvalue weighted by Crippen LogP contribution is 2.38. The predicted molar refractivity (Wildman–Crippen MR) is 58.6 cm³/mol. The molecule has 0 atom stereocenters. The Kier molecular flexibility index (Phi) is 2.15. The molecular formula is C12H12O3. The number of rotatable bonds is 1. The minimum atomic E-state index is 0.111. The first-order valence-corrected chi connectivity index (χ1v) is 4.62. The van der Waals surface area contributed by atoms with Crippen molar-refractivity contribution < 1.29 is 14.9 Å². The normalized spacial score (nSPS) is 10.5. The number of methoxy groups -OCH3 is 1. The molecule has 0 aliphatic heterocycles. The van der Waals surface area contributed by atoms with Crippen molar-refractivity contribution >= 4 is 10.8 Å². The van der Waals surface area contributed by atoms with Crippen LogP contribution in [0.2, 0.25) is 0 Å². The van der Waals surface area contributed by atoms with Crippen LogP contribution in [-0.4, -0.2) is 17.3 Å². The lowest BCUT2D eigenvalue weighted by atomic mass is 10.0. The molecule has 0 radical (unpaired) electrons. The monoisotopic (exact) mass is 204 g/mol. The molecule has 0 aliphatic rings. The molecule has 2 aromatic rings. The van der Waals surface area contributed by atoms with Gasteiger partial charge in [-0.2, -0.15) is 0 Å². The fourth-order valence-corrected chi connectivity index (χ4v) is 1.71. The largest absolute Gasteiger partial charge is 0.507 e. The lowest BCUT2D eigenvalue weighted by molar-refractivity contribution is 0.415. The Labute approximate surface area is 87.5 Å². The molecule has 0 saturated heterocycles. The molecule has 0 spiro atoms. The third-order valence-electron chi connectivity index (χ3n) is 2.40. The van der Waals surface area contributed by atoms with Crippen molar-refractivity contribution in [2.24, 2.45) is 0 Å². The van der Waals surface area contributed by atoms with Gasteiger partial charge in [-0.15, -0.1) is 0 Å². The first-order chi connectivity index (χ1) is 7.13. The van der Waals surface area contributed by atoms with Crippen LogP contribution in [0.25, 0.3) is 10.8 Å². The lowest BCUT2D eigenvalue weighted by Crippen LogP contribution is -1.87. The van der Waals surface area contributed by atoms with Gasteiger partial charge < -0.3 is 14.9 Å². The Morgan fingerprint density at radius 1 is 1.07 bits per heavy atom. The van der Waals surface area contributed by atoms with Crippen molar-refractivity contribution in [3.05, 3.63) is 29.8 Å². The van der Waals surface area contributed by atoms with E-state index in [1.807, 2.05) is 19.1 Å². The van der Waals surface area contributed by atoms with Gasteiger partial charge in [-0.1, -0.05) is 0 Å². The number of hydrogen-bond donors (Lipinski definition) is 2. The minimum absolute atomic E-state index is 0.111. The van der Waals surface area contributed by atoms with Crippen molar-refractivity contribution in [3.8, 4) is 17.2 Å². The third kappa shape index (κ3) is 1.46. The van der Waals surface area contributed by atoms with Crippen LogP contribution in [0.3, 0.4) is 0 Å². The number of benzene rings is 2. The SMILES string of the molecule is COc1cc(C)cc2c(O)ccc(O)c12. The molecule has 3 heteroatoms. The Balaban J connectivity index is 2.95. The van der Waals surface area contributed by atoms with Crippen LogP contribution in [0.4, 0.5) is 0 Å². The van der Waals surface area contributed by atoms with Gasteiger partial charge in [0, 0.05) is 5.39 Å². The smallest absolute Gasteiger partial charge is 0.130 e. The Hall–Kier alpha value is -1.90. The summed E-state index contributed by atoms with van der Waals surface area (Å²) in [7, 11) is 1.54. The van der Waals surface area contributed by atoms with Crippen molar-refractivity contribution in [2.45, 2.75) is 6.92 Å². The van der Waals surface area contributed by atoms with Crippen LogP contribution < -0.4 is 4.74 Å². The van der Waals surface area contributed by atoms with E-state index in [2.05, 4.69) is 0 Å². The number of fused-ring (bicyclic) bond motifs is 1. The molecule has 3 nitrogen and oxygen atoms in total. The standard InChI is InChI=1S/C12H12O3/c1-7-5-8-9(13)3-4-10(14)12(8)11(6-7)15-2/h3-6,13-14H,1-2H3. The maximum atomic E-state index is 9.71. The van der Waals surface area contributed by atoms with Gasteiger partial charge in [0.25, 0.3) is 0 Å².